The molecule has 0 fully saturated rings. The summed E-state index contributed by atoms with van der Waals surface area (Å²) in [6.45, 7) is 0. The van der Waals surface area contributed by atoms with Crippen LogP contribution in [0.15, 0.2) is 36.7 Å². The van der Waals surface area contributed by atoms with E-state index in [2.05, 4.69) is 15.3 Å². The Balaban J connectivity index is 2.14. The number of anilines is 1. The van der Waals surface area contributed by atoms with Crippen LogP contribution in [-0.4, -0.2) is 15.9 Å². The van der Waals surface area contributed by atoms with Gasteiger partial charge in [0.15, 0.2) is 0 Å². The molecule has 86 valence electrons. The maximum absolute atomic E-state index is 12.8. The monoisotopic (exact) mass is 251 g/mol. The number of carbonyl (C=O) groups excluding carboxylic acids is 1. The van der Waals surface area contributed by atoms with Crippen molar-refractivity contribution in [1.82, 2.24) is 9.97 Å². The third kappa shape index (κ3) is 2.98. The zero-order valence-electron chi connectivity index (χ0n) is 8.52. The number of pyridine rings is 2. The maximum atomic E-state index is 12.8. The van der Waals surface area contributed by atoms with Gasteiger partial charge >= 0.3 is 0 Å². The molecule has 0 aromatic carbocycles. The largest absolute Gasteiger partial charge is 0.307 e. The maximum Gasteiger partial charge on any atom is 0.257 e. The molecular weight excluding hydrogens is 245 g/mol. The minimum atomic E-state index is -0.707. The number of hydrogen-bond donors (Lipinski definition) is 1. The van der Waals surface area contributed by atoms with Crippen molar-refractivity contribution in [3.63, 3.8) is 0 Å². The van der Waals surface area contributed by atoms with Crippen LogP contribution in [0.1, 0.15) is 10.4 Å². The molecule has 0 unspecified atom stereocenters. The third-order valence-electron chi connectivity index (χ3n) is 1.96. The van der Waals surface area contributed by atoms with Crippen LogP contribution in [0.3, 0.4) is 0 Å². The summed E-state index contributed by atoms with van der Waals surface area (Å²) in [6, 6.07) is 5.61. The van der Waals surface area contributed by atoms with Gasteiger partial charge in [0.05, 0.1) is 5.02 Å². The quantitative estimate of drug-likeness (QED) is 0.835. The molecule has 6 heteroatoms. The first-order valence-corrected chi connectivity index (χ1v) is 5.07. The number of nitrogens with one attached hydrogen (secondary N) is 1. The van der Waals surface area contributed by atoms with Crippen molar-refractivity contribution in [2.24, 2.45) is 0 Å². The summed E-state index contributed by atoms with van der Waals surface area (Å²) in [5, 5.41) is 2.98. The second-order valence-electron chi connectivity index (χ2n) is 3.18. The van der Waals surface area contributed by atoms with E-state index in [4.69, 9.17) is 11.6 Å². The fourth-order valence-electron chi connectivity index (χ4n) is 1.18. The summed E-state index contributed by atoms with van der Waals surface area (Å²) >= 11 is 5.65. The smallest absolute Gasteiger partial charge is 0.257 e. The van der Waals surface area contributed by atoms with E-state index in [-0.39, 0.29) is 5.56 Å². The lowest BCUT2D eigenvalue weighted by molar-refractivity contribution is 0.102. The summed E-state index contributed by atoms with van der Waals surface area (Å²) < 4.78 is 12.8. The van der Waals surface area contributed by atoms with Crippen LogP contribution in [0.5, 0.6) is 0 Å². The van der Waals surface area contributed by atoms with Crippen LogP contribution in [0.2, 0.25) is 5.02 Å². The minimum absolute atomic E-state index is 0.175. The first kappa shape index (κ1) is 11.5. The molecule has 0 saturated heterocycles. The molecule has 0 saturated carbocycles. The van der Waals surface area contributed by atoms with Gasteiger partial charge in [0.1, 0.15) is 5.82 Å². The van der Waals surface area contributed by atoms with Crippen LogP contribution in [0.25, 0.3) is 0 Å². The lowest BCUT2D eigenvalue weighted by Gasteiger charge is -2.03. The molecule has 1 amide bonds. The molecule has 0 spiro atoms. The van der Waals surface area contributed by atoms with E-state index in [0.717, 1.165) is 6.07 Å². The topological polar surface area (TPSA) is 54.9 Å². The molecule has 0 radical (unpaired) electrons. The van der Waals surface area contributed by atoms with Gasteiger partial charge in [0.25, 0.3) is 5.91 Å². The normalized spacial score (nSPS) is 10.0. The van der Waals surface area contributed by atoms with Gasteiger partial charge in [-0.1, -0.05) is 11.6 Å². The molecule has 2 rings (SSSR count). The van der Waals surface area contributed by atoms with Crippen LogP contribution in [0, 0.1) is 5.95 Å². The fraction of sp³-hybridized carbons (Fsp3) is 0. The number of aromatic nitrogens is 2. The summed E-state index contributed by atoms with van der Waals surface area (Å²) in [6.07, 6.45) is 2.63. The summed E-state index contributed by atoms with van der Waals surface area (Å²) in [5.74, 6) is -0.820. The summed E-state index contributed by atoms with van der Waals surface area (Å²) in [5.41, 5.74) is 0.175. The number of rotatable bonds is 2. The zero-order chi connectivity index (χ0) is 12.3. The number of halogens is 2. The van der Waals surface area contributed by atoms with Crippen LogP contribution >= 0.6 is 11.6 Å². The zero-order valence-corrected chi connectivity index (χ0v) is 9.28. The Labute approximate surface area is 101 Å². The van der Waals surface area contributed by atoms with Crippen molar-refractivity contribution in [2.45, 2.75) is 0 Å². The first-order valence-electron chi connectivity index (χ1n) is 4.69. The summed E-state index contributed by atoms with van der Waals surface area (Å²) in [4.78, 5) is 18.9. The standard InChI is InChI=1S/C11H7ClFN3O/c12-8-1-2-10(15-6-8)16-11(17)7-3-4-14-9(13)5-7/h1-6H,(H,15,16,17). The van der Waals surface area contributed by atoms with Crippen LogP contribution in [0.4, 0.5) is 10.2 Å². The Morgan fingerprint density at radius 3 is 2.76 bits per heavy atom. The van der Waals surface area contributed by atoms with Crippen molar-refractivity contribution in [1.29, 1.82) is 0 Å². The second kappa shape index (κ2) is 4.88. The van der Waals surface area contributed by atoms with Crippen molar-refractivity contribution in [2.75, 3.05) is 5.32 Å². The molecule has 17 heavy (non-hydrogen) atoms. The lowest BCUT2D eigenvalue weighted by Crippen LogP contribution is -2.13. The van der Waals surface area contributed by atoms with E-state index in [9.17, 15) is 9.18 Å². The van der Waals surface area contributed by atoms with Gasteiger partial charge in [-0.25, -0.2) is 9.97 Å². The van der Waals surface area contributed by atoms with E-state index in [0.29, 0.717) is 10.8 Å². The number of hydrogen-bond acceptors (Lipinski definition) is 3. The Morgan fingerprint density at radius 2 is 2.12 bits per heavy atom. The van der Waals surface area contributed by atoms with Crippen LogP contribution in [-0.2, 0) is 0 Å². The Hall–Kier alpha value is -2.01. The summed E-state index contributed by atoms with van der Waals surface area (Å²) in [7, 11) is 0. The van der Waals surface area contributed by atoms with Crippen molar-refractivity contribution in [3.8, 4) is 0 Å². The Kier molecular flexibility index (Phi) is 3.30. The van der Waals surface area contributed by atoms with E-state index < -0.39 is 11.9 Å². The predicted molar refractivity (Wildman–Crippen MR) is 61.4 cm³/mol. The molecule has 2 aromatic rings. The van der Waals surface area contributed by atoms with E-state index >= 15 is 0 Å². The number of nitrogens with zero attached hydrogens (tertiary/aromatic N) is 2. The van der Waals surface area contributed by atoms with Crippen molar-refractivity contribution >= 4 is 23.3 Å². The van der Waals surface area contributed by atoms with E-state index in [1.165, 1.54) is 18.5 Å². The highest BCUT2D eigenvalue weighted by Crippen LogP contribution is 2.11. The van der Waals surface area contributed by atoms with Gasteiger partial charge in [-0.15, -0.1) is 0 Å². The second-order valence-corrected chi connectivity index (χ2v) is 3.62. The predicted octanol–water partition coefficient (Wildman–Crippen LogP) is 2.52. The van der Waals surface area contributed by atoms with Crippen LogP contribution < -0.4 is 5.32 Å². The average Bonchev–Trinajstić information content (AvgIpc) is 2.32. The van der Waals surface area contributed by atoms with Gasteiger partial charge in [-0.2, -0.15) is 4.39 Å². The fourth-order valence-corrected chi connectivity index (χ4v) is 1.29. The average molecular weight is 252 g/mol. The highest BCUT2D eigenvalue weighted by molar-refractivity contribution is 6.30. The van der Waals surface area contributed by atoms with Gasteiger partial charge in [-0.3, -0.25) is 4.79 Å². The first-order chi connectivity index (χ1) is 8.15. The van der Waals surface area contributed by atoms with Gasteiger partial charge < -0.3 is 5.32 Å². The molecule has 0 aliphatic rings. The highest BCUT2D eigenvalue weighted by Gasteiger charge is 2.07. The molecular formula is C11H7ClFN3O. The SMILES string of the molecule is O=C(Nc1ccc(Cl)cn1)c1ccnc(F)c1. The van der Waals surface area contributed by atoms with Gasteiger partial charge in [-0.05, 0) is 18.2 Å². The molecule has 2 heterocycles. The van der Waals surface area contributed by atoms with Gasteiger partial charge in [0.2, 0.25) is 5.95 Å². The highest BCUT2D eigenvalue weighted by atomic mass is 35.5. The molecule has 0 aliphatic carbocycles. The molecule has 4 nitrogen and oxygen atoms in total. The molecule has 0 bridgehead atoms. The van der Waals surface area contributed by atoms with Crippen molar-refractivity contribution < 1.29 is 9.18 Å². The number of carbonyl (C=O) groups is 1. The molecule has 2 aromatic heterocycles. The number of amides is 1. The third-order valence-corrected chi connectivity index (χ3v) is 2.18. The van der Waals surface area contributed by atoms with E-state index in [1.807, 2.05) is 0 Å². The lowest BCUT2D eigenvalue weighted by atomic mass is 10.2. The van der Waals surface area contributed by atoms with E-state index in [1.54, 1.807) is 12.1 Å². The molecule has 0 aliphatic heterocycles. The Bertz CT molecular complexity index is 545. The van der Waals surface area contributed by atoms with Gasteiger partial charge in [0, 0.05) is 24.0 Å². The Morgan fingerprint density at radius 1 is 1.29 bits per heavy atom. The molecule has 1 N–H and O–H groups in total. The molecule has 0 atom stereocenters. The minimum Gasteiger partial charge on any atom is -0.307 e. The van der Waals surface area contributed by atoms with Crippen molar-refractivity contribution in [3.05, 3.63) is 53.2 Å².